The zero-order valence-corrected chi connectivity index (χ0v) is 14.2. The van der Waals surface area contributed by atoms with Gasteiger partial charge >= 0.3 is 0 Å². The molecule has 0 aromatic heterocycles. The van der Waals surface area contributed by atoms with Crippen molar-refractivity contribution < 1.29 is 18.7 Å². The van der Waals surface area contributed by atoms with Crippen LogP contribution in [-0.2, 0) is 16.0 Å². The summed E-state index contributed by atoms with van der Waals surface area (Å²) in [6, 6.07) is 12.6. The number of ether oxygens (including phenoxy) is 1. The van der Waals surface area contributed by atoms with Gasteiger partial charge in [-0.2, -0.15) is 0 Å². The standard InChI is InChI=1S/C19H21FN2O3/c1-13(19(24)22-17-9-4-3-8-16(17)20)21-18(23)11-10-14-6-5-7-15(12-14)25-2/h3-9,12-13H,10-11H2,1-2H3,(H,21,23)(H,22,24). The van der Waals surface area contributed by atoms with Crippen LogP contribution in [0.2, 0.25) is 0 Å². The van der Waals surface area contributed by atoms with E-state index in [4.69, 9.17) is 4.74 Å². The molecular formula is C19H21FN2O3. The Morgan fingerprint density at radius 3 is 2.64 bits per heavy atom. The molecule has 6 heteroatoms. The predicted molar refractivity (Wildman–Crippen MR) is 93.9 cm³/mol. The van der Waals surface area contributed by atoms with E-state index in [9.17, 15) is 14.0 Å². The van der Waals surface area contributed by atoms with Crippen LogP contribution in [0.25, 0.3) is 0 Å². The average Bonchev–Trinajstić information content (AvgIpc) is 2.62. The molecule has 5 nitrogen and oxygen atoms in total. The van der Waals surface area contributed by atoms with Gasteiger partial charge in [-0.05, 0) is 43.2 Å². The number of methoxy groups -OCH3 is 1. The van der Waals surface area contributed by atoms with Crippen molar-refractivity contribution in [2.24, 2.45) is 0 Å². The molecule has 1 atom stereocenters. The Labute approximate surface area is 146 Å². The van der Waals surface area contributed by atoms with Crippen LogP contribution in [0, 0.1) is 5.82 Å². The van der Waals surface area contributed by atoms with Crippen LogP contribution in [0.5, 0.6) is 5.75 Å². The number of nitrogens with one attached hydrogen (secondary N) is 2. The van der Waals surface area contributed by atoms with E-state index in [-0.39, 0.29) is 18.0 Å². The normalized spacial score (nSPS) is 11.5. The summed E-state index contributed by atoms with van der Waals surface area (Å²) in [6.07, 6.45) is 0.773. The maximum absolute atomic E-state index is 13.5. The molecule has 2 aromatic carbocycles. The number of hydrogen-bond acceptors (Lipinski definition) is 3. The molecule has 0 bridgehead atoms. The predicted octanol–water partition coefficient (Wildman–Crippen LogP) is 2.91. The van der Waals surface area contributed by atoms with Gasteiger partial charge in [-0.3, -0.25) is 9.59 Å². The number of benzene rings is 2. The van der Waals surface area contributed by atoms with Crippen LogP contribution < -0.4 is 15.4 Å². The molecule has 0 radical (unpaired) electrons. The summed E-state index contributed by atoms with van der Waals surface area (Å²) < 4.78 is 18.7. The number of halogens is 1. The first-order valence-electron chi connectivity index (χ1n) is 7.97. The van der Waals surface area contributed by atoms with Crippen molar-refractivity contribution >= 4 is 17.5 Å². The molecule has 132 valence electrons. The molecule has 0 heterocycles. The number of carbonyl (C=O) groups excluding carboxylic acids is 2. The molecule has 1 unspecified atom stereocenters. The summed E-state index contributed by atoms with van der Waals surface area (Å²) in [5.41, 5.74) is 1.06. The monoisotopic (exact) mass is 344 g/mol. The van der Waals surface area contributed by atoms with Crippen molar-refractivity contribution in [2.75, 3.05) is 12.4 Å². The molecule has 0 spiro atoms. The molecule has 0 fully saturated rings. The molecule has 0 aliphatic heterocycles. The minimum Gasteiger partial charge on any atom is -0.497 e. The Bertz CT molecular complexity index is 749. The second kappa shape index (κ2) is 8.82. The Hall–Kier alpha value is -2.89. The van der Waals surface area contributed by atoms with Crippen molar-refractivity contribution in [3.63, 3.8) is 0 Å². The third-order valence-electron chi connectivity index (χ3n) is 3.68. The second-order valence-corrected chi connectivity index (χ2v) is 5.61. The highest BCUT2D eigenvalue weighted by molar-refractivity contribution is 5.96. The van der Waals surface area contributed by atoms with Gasteiger partial charge in [-0.15, -0.1) is 0 Å². The van der Waals surface area contributed by atoms with E-state index in [1.807, 2.05) is 24.3 Å². The first kappa shape index (κ1) is 18.4. The van der Waals surface area contributed by atoms with Crippen LogP contribution in [0.1, 0.15) is 18.9 Å². The summed E-state index contributed by atoms with van der Waals surface area (Å²) in [5, 5.41) is 5.07. The van der Waals surface area contributed by atoms with Gasteiger partial charge in [0.1, 0.15) is 17.6 Å². The van der Waals surface area contributed by atoms with Gasteiger partial charge in [-0.25, -0.2) is 4.39 Å². The second-order valence-electron chi connectivity index (χ2n) is 5.61. The number of rotatable bonds is 7. The minimum absolute atomic E-state index is 0.0879. The summed E-state index contributed by atoms with van der Waals surface area (Å²) >= 11 is 0. The third kappa shape index (κ3) is 5.60. The Balaban J connectivity index is 1.82. The highest BCUT2D eigenvalue weighted by atomic mass is 19.1. The van der Waals surface area contributed by atoms with Crippen molar-refractivity contribution in [1.82, 2.24) is 5.32 Å². The van der Waals surface area contributed by atoms with Crippen molar-refractivity contribution in [3.8, 4) is 5.75 Å². The highest BCUT2D eigenvalue weighted by Crippen LogP contribution is 2.14. The Morgan fingerprint density at radius 2 is 1.92 bits per heavy atom. The lowest BCUT2D eigenvalue weighted by atomic mass is 10.1. The smallest absolute Gasteiger partial charge is 0.246 e. The number of carbonyl (C=O) groups is 2. The Morgan fingerprint density at radius 1 is 1.16 bits per heavy atom. The van der Waals surface area contributed by atoms with Crippen LogP contribution in [-0.4, -0.2) is 25.0 Å². The van der Waals surface area contributed by atoms with Gasteiger partial charge in [0.2, 0.25) is 11.8 Å². The fourth-order valence-electron chi connectivity index (χ4n) is 2.27. The van der Waals surface area contributed by atoms with Crippen molar-refractivity contribution in [3.05, 3.63) is 59.9 Å². The topological polar surface area (TPSA) is 67.4 Å². The molecule has 2 aromatic rings. The van der Waals surface area contributed by atoms with Gasteiger partial charge < -0.3 is 15.4 Å². The van der Waals surface area contributed by atoms with Crippen LogP contribution in [0.4, 0.5) is 10.1 Å². The molecule has 0 aliphatic carbocycles. The number of aryl methyl sites for hydroxylation is 1. The van der Waals surface area contributed by atoms with Gasteiger partial charge in [0.05, 0.1) is 12.8 Å². The van der Waals surface area contributed by atoms with E-state index in [0.717, 1.165) is 11.3 Å². The Kier molecular flexibility index (Phi) is 6.51. The summed E-state index contributed by atoms with van der Waals surface area (Å²) in [5.74, 6) is -0.512. The number of hydrogen-bond donors (Lipinski definition) is 2. The zero-order chi connectivity index (χ0) is 18.2. The fourth-order valence-corrected chi connectivity index (χ4v) is 2.27. The number of amides is 2. The van der Waals surface area contributed by atoms with Crippen molar-refractivity contribution in [1.29, 1.82) is 0 Å². The fraction of sp³-hybridized carbons (Fsp3) is 0.263. The van der Waals surface area contributed by atoms with Gasteiger partial charge in [0.25, 0.3) is 0 Å². The largest absolute Gasteiger partial charge is 0.497 e. The summed E-state index contributed by atoms with van der Waals surface area (Å²) in [4.78, 5) is 24.1. The quantitative estimate of drug-likeness (QED) is 0.811. The van der Waals surface area contributed by atoms with Crippen LogP contribution in [0.15, 0.2) is 48.5 Å². The van der Waals surface area contributed by atoms with Gasteiger partial charge in [-0.1, -0.05) is 24.3 Å². The summed E-state index contributed by atoms with van der Waals surface area (Å²) in [7, 11) is 1.59. The molecule has 2 rings (SSSR count). The number of para-hydroxylation sites is 1. The van der Waals surface area contributed by atoms with Gasteiger partial charge in [0, 0.05) is 6.42 Å². The van der Waals surface area contributed by atoms with Crippen molar-refractivity contribution in [2.45, 2.75) is 25.8 Å². The lowest BCUT2D eigenvalue weighted by molar-refractivity contribution is -0.126. The van der Waals surface area contributed by atoms with E-state index in [2.05, 4.69) is 10.6 Å². The lowest BCUT2D eigenvalue weighted by Gasteiger charge is -2.14. The average molecular weight is 344 g/mol. The zero-order valence-electron chi connectivity index (χ0n) is 14.2. The van der Waals surface area contributed by atoms with E-state index in [1.54, 1.807) is 20.1 Å². The van der Waals surface area contributed by atoms with Gasteiger partial charge in [0.15, 0.2) is 0 Å². The molecule has 25 heavy (non-hydrogen) atoms. The highest BCUT2D eigenvalue weighted by Gasteiger charge is 2.16. The first-order valence-corrected chi connectivity index (χ1v) is 7.97. The SMILES string of the molecule is COc1cccc(CCC(=O)NC(C)C(=O)Nc2ccccc2F)c1. The number of anilines is 1. The maximum atomic E-state index is 13.5. The minimum atomic E-state index is -0.766. The molecular weight excluding hydrogens is 323 g/mol. The molecule has 0 saturated carbocycles. The maximum Gasteiger partial charge on any atom is 0.246 e. The third-order valence-corrected chi connectivity index (χ3v) is 3.68. The molecule has 0 aliphatic rings. The van der Waals surface area contributed by atoms with E-state index in [0.29, 0.717) is 6.42 Å². The van der Waals surface area contributed by atoms with E-state index < -0.39 is 17.8 Å². The lowest BCUT2D eigenvalue weighted by Crippen LogP contribution is -2.41. The van der Waals surface area contributed by atoms with Crippen LogP contribution in [0.3, 0.4) is 0 Å². The van der Waals surface area contributed by atoms with E-state index in [1.165, 1.54) is 18.2 Å². The molecule has 0 saturated heterocycles. The summed E-state index contributed by atoms with van der Waals surface area (Å²) in [6.45, 7) is 1.56. The first-order chi connectivity index (χ1) is 12.0. The van der Waals surface area contributed by atoms with E-state index >= 15 is 0 Å². The van der Waals surface area contributed by atoms with Crippen LogP contribution >= 0.6 is 0 Å². The molecule has 2 amide bonds. The molecule has 2 N–H and O–H groups in total.